The van der Waals surface area contributed by atoms with Crippen molar-refractivity contribution in [3.63, 3.8) is 0 Å². The quantitative estimate of drug-likeness (QED) is 0.918. The van der Waals surface area contributed by atoms with Crippen molar-refractivity contribution in [2.24, 2.45) is 0 Å². The summed E-state index contributed by atoms with van der Waals surface area (Å²) < 4.78 is 38.5. The highest BCUT2D eigenvalue weighted by molar-refractivity contribution is 5.70. The number of aromatic nitrogens is 3. The Morgan fingerprint density at radius 2 is 2.10 bits per heavy atom. The number of benzene rings is 1. The van der Waals surface area contributed by atoms with E-state index < -0.39 is 17.5 Å². The molecule has 0 atom stereocenters. The van der Waals surface area contributed by atoms with Gasteiger partial charge in [-0.1, -0.05) is 0 Å². The Hall–Kier alpha value is -2.56. The molecule has 2 aromatic rings. The van der Waals surface area contributed by atoms with Crippen LogP contribution in [0, 0.1) is 11.3 Å². The van der Waals surface area contributed by atoms with E-state index in [-0.39, 0.29) is 16.8 Å². The Morgan fingerprint density at radius 3 is 2.60 bits per heavy atom. The molecule has 0 aliphatic carbocycles. The van der Waals surface area contributed by atoms with Gasteiger partial charge in [0.15, 0.2) is 0 Å². The van der Waals surface area contributed by atoms with Crippen LogP contribution in [0.2, 0.25) is 0 Å². The number of halogens is 3. The van der Waals surface area contributed by atoms with Crippen LogP contribution in [0.1, 0.15) is 18.1 Å². The average Bonchev–Trinajstić information content (AvgIpc) is 2.86. The number of phenols is 1. The summed E-state index contributed by atoms with van der Waals surface area (Å²) in [5.74, 6) is -0.959. The molecule has 8 heteroatoms. The summed E-state index contributed by atoms with van der Waals surface area (Å²) in [4.78, 5) is 1.26. The largest absolute Gasteiger partial charge is 0.507 e. The highest BCUT2D eigenvalue weighted by Gasteiger charge is 2.36. The number of hydrogen-bond acceptors (Lipinski definition) is 4. The number of phenolic OH excluding ortho intramolecular Hbond substituents is 1. The summed E-state index contributed by atoms with van der Waals surface area (Å²) >= 11 is 0. The van der Waals surface area contributed by atoms with Gasteiger partial charge in [0.25, 0.3) is 0 Å². The molecule has 0 fully saturated rings. The van der Waals surface area contributed by atoms with Crippen molar-refractivity contribution >= 4 is 0 Å². The highest BCUT2D eigenvalue weighted by Crippen LogP contribution is 2.41. The molecule has 0 aliphatic heterocycles. The summed E-state index contributed by atoms with van der Waals surface area (Å²) in [5.41, 5.74) is -1.57. The van der Waals surface area contributed by atoms with Gasteiger partial charge in [-0.3, -0.25) is 0 Å². The monoisotopic (exact) mass is 282 g/mol. The molecule has 0 aliphatic rings. The Bertz CT molecular complexity index is 685. The normalized spacial score (nSPS) is 11.3. The van der Waals surface area contributed by atoms with Crippen molar-refractivity contribution in [1.82, 2.24) is 15.0 Å². The van der Waals surface area contributed by atoms with Gasteiger partial charge < -0.3 is 5.11 Å². The first-order valence-corrected chi connectivity index (χ1v) is 5.61. The first-order chi connectivity index (χ1) is 9.36. The summed E-state index contributed by atoms with van der Waals surface area (Å²) in [6.45, 7) is 2.20. The summed E-state index contributed by atoms with van der Waals surface area (Å²) in [6, 6.07) is 3.38. The highest BCUT2D eigenvalue weighted by atomic mass is 19.4. The van der Waals surface area contributed by atoms with Crippen LogP contribution >= 0.6 is 0 Å². The van der Waals surface area contributed by atoms with Gasteiger partial charge in [0, 0.05) is 5.56 Å². The van der Waals surface area contributed by atoms with Gasteiger partial charge in [0.05, 0.1) is 29.9 Å². The molecule has 20 heavy (non-hydrogen) atoms. The smallest absolute Gasteiger partial charge is 0.420 e. The molecular weight excluding hydrogens is 273 g/mol. The third kappa shape index (κ3) is 2.42. The van der Waals surface area contributed by atoms with E-state index >= 15 is 0 Å². The lowest BCUT2D eigenvalue weighted by Gasteiger charge is -2.12. The van der Waals surface area contributed by atoms with Crippen LogP contribution in [-0.2, 0) is 12.7 Å². The van der Waals surface area contributed by atoms with Gasteiger partial charge in [-0.25, -0.2) is 0 Å². The lowest BCUT2D eigenvalue weighted by atomic mass is 10.0. The van der Waals surface area contributed by atoms with E-state index in [1.54, 1.807) is 13.0 Å². The van der Waals surface area contributed by atoms with Crippen LogP contribution in [0.25, 0.3) is 11.3 Å². The maximum atomic E-state index is 12.8. The van der Waals surface area contributed by atoms with E-state index in [1.165, 1.54) is 11.0 Å². The second-order valence-electron chi connectivity index (χ2n) is 3.95. The van der Waals surface area contributed by atoms with E-state index in [0.29, 0.717) is 12.6 Å². The van der Waals surface area contributed by atoms with Crippen molar-refractivity contribution in [1.29, 1.82) is 5.26 Å². The Balaban J connectivity index is 2.67. The summed E-state index contributed by atoms with van der Waals surface area (Å²) in [7, 11) is 0. The van der Waals surface area contributed by atoms with E-state index in [9.17, 15) is 18.3 Å². The molecule has 0 saturated heterocycles. The maximum Gasteiger partial charge on any atom is 0.420 e. The third-order valence-corrected chi connectivity index (χ3v) is 2.64. The first-order valence-electron chi connectivity index (χ1n) is 5.61. The van der Waals surface area contributed by atoms with Crippen LogP contribution in [0.5, 0.6) is 5.75 Å². The molecular formula is C12H9F3N4O. The van der Waals surface area contributed by atoms with E-state index in [2.05, 4.69) is 10.2 Å². The molecule has 0 saturated carbocycles. The number of aromatic hydroxyl groups is 1. The van der Waals surface area contributed by atoms with Crippen molar-refractivity contribution in [2.45, 2.75) is 19.6 Å². The number of nitriles is 1. The predicted octanol–water partition coefficient (Wildman–Crippen LogP) is 2.56. The summed E-state index contributed by atoms with van der Waals surface area (Å²) in [6.07, 6.45) is -3.52. The average molecular weight is 282 g/mol. The maximum absolute atomic E-state index is 12.8. The first kappa shape index (κ1) is 13.9. The fraction of sp³-hybridized carbons (Fsp3) is 0.250. The number of aryl methyl sites for hydroxylation is 1. The molecule has 0 radical (unpaired) electrons. The van der Waals surface area contributed by atoms with Gasteiger partial charge in [0.1, 0.15) is 11.4 Å². The zero-order chi connectivity index (χ0) is 14.9. The van der Waals surface area contributed by atoms with Gasteiger partial charge >= 0.3 is 6.18 Å². The number of rotatable bonds is 2. The van der Waals surface area contributed by atoms with Crippen LogP contribution in [0.15, 0.2) is 18.3 Å². The fourth-order valence-corrected chi connectivity index (χ4v) is 1.68. The number of hydrogen-bond donors (Lipinski definition) is 1. The molecule has 5 nitrogen and oxygen atoms in total. The minimum absolute atomic E-state index is 0.0759. The van der Waals surface area contributed by atoms with Crippen molar-refractivity contribution < 1.29 is 18.3 Å². The number of alkyl halides is 3. The third-order valence-electron chi connectivity index (χ3n) is 2.64. The van der Waals surface area contributed by atoms with E-state index in [1.807, 2.05) is 0 Å². The molecule has 0 unspecified atom stereocenters. The zero-order valence-electron chi connectivity index (χ0n) is 10.3. The van der Waals surface area contributed by atoms with Gasteiger partial charge in [-0.05, 0) is 19.1 Å². The van der Waals surface area contributed by atoms with Crippen LogP contribution in [-0.4, -0.2) is 20.1 Å². The van der Waals surface area contributed by atoms with E-state index in [0.717, 1.165) is 6.07 Å². The SMILES string of the molecule is CCn1ncc(-c2cc(C#N)cc(C(F)(F)F)c2O)n1. The minimum Gasteiger partial charge on any atom is -0.507 e. The van der Waals surface area contributed by atoms with E-state index in [4.69, 9.17) is 5.26 Å². The second kappa shape index (κ2) is 4.85. The molecule has 104 valence electrons. The van der Waals surface area contributed by atoms with Gasteiger partial charge in [-0.15, -0.1) is 0 Å². The molecule has 1 aromatic heterocycles. The molecule has 1 heterocycles. The second-order valence-corrected chi connectivity index (χ2v) is 3.95. The van der Waals surface area contributed by atoms with Gasteiger partial charge in [-0.2, -0.15) is 33.4 Å². The Labute approximate surface area is 111 Å². The molecule has 0 spiro atoms. The van der Waals surface area contributed by atoms with Crippen LogP contribution < -0.4 is 0 Å². The summed E-state index contributed by atoms with van der Waals surface area (Å²) in [5, 5.41) is 26.3. The lowest BCUT2D eigenvalue weighted by molar-refractivity contribution is -0.138. The molecule has 1 aromatic carbocycles. The van der Waals surface area contributed by atoms with Crippen molar-refractivity contribution in [2.75, 3.05) is 0 Å². The lowest BCUT2D eigenvalue weighted by Crippen LogP contribution is -2.06. The fourth-order valence-electron chi connectivity index (χ4n) is 1.68. The van der Waals surface area contributed by atoms with Gasteiger partial charge in [0.2, 0.25) is 0 Å². The zero-order valence-corrected chi connectivity index (χ0v) is 10.3. The van der Waals surface area contributed by atoms with Crippen LogP contribution in [0.4, 0.5) is 13.2 Å². The Morgan fingerprint density at radius 1 is 1.40 bits per heavy atom. The molecule has 2 rings (SSSR count). The standard InChI is InChI=1S/C12H9F3N4O/c1-2-19-17-6-10(18-19)8-3-7(5-16)4-9(11(8)20)12(13,14)15/h3-4,6,20H,2H2,1H3. The Kier molecular flexibility index (Phi) is 3.36. The molecule has 0 bridgehead atoms. The van der Waals surface area contributed by atoms with Crippen molar-refractivity contribution in [3.8, 4) is 23.1 Å². The molecule has 1 N–H and O–H groups in total. The topological polar surface area (TPSA) is 74.7 Å². The molecule has 0 amide bonds. The minimum atomic E-state index is -4.76. The van der Waals surface area contributed by atoms with Crippen molar-refractivity contribution in [3.05, 3.63) is 29.5 Å². The predicted molar refractivity (Wildman–Crippen MR) is 62.5 cm³/mol. The van der Waals surface area contributed by atoms with Crippen LogP contribution in [0.3, 0.4) is 0 Å². The number of nitrogens with zero attached hydrogens (tertiary/aromatic N) is 4.